The molecule has 2 rings (SSSR count). The number of anilines is 1. The molecule has 0 aliphatic carbocycles. The second kappa shape index (κ2) is 4.85. The number of hydrogen-bond acceptors (Lipinski definition) is 5. The molecule has 0 bridgehead atoms. The summed E-state index contributed by atoms with van der Waals surface area (Å²) < 4.78 is 0. The number of nitrogens with zero attached hydrogens (tertiary/aromatic N) is 3. The molecule has 0 aromatic carbocycles. The largest absolute Gasteiger partial charge is 0.480 e. The molecule has 0 amide bonds. The van der Waals surface area contributed by atoms with Crippen LogP contribution in [0.3, 0.4) is 0 Å². The Morgan fingerprint density at radius 3 is 3.12 bits per heavy atom. The molecule has 0 spiro atoms. The number of halogens is 1. The summed E-state index contributed by atoms with van der Waals surface area (Å²) in [5.41, 5.74) is 0.806. The van der Waals surface area contributed by atoms with Gasteiger partial charge in [-0.05, 0) is 6.92 Å². The molecule has 92 valence electrons. The summed E-state index contributed by atoms with van der Waals surface area (Å²) >= 11 is 5.92. The van der Waals surface area contributed by atoms with E-state index in [2.05, 4.69) is 15.3 Å². The Hall–Kier alpha value is -1.40. The highest BCUT2D eigenvalue weighted by atomic mass is 35.5. The fourth-order valence-corrected chi connectivity index (χ4v) is 1.79. The van der Waals surface area contributed by atoms with E-state index in [0.29, 0.717) is 30.7 Å². The highest BCUT2D eigenvalue weighted by molar-refractivity contribution is 6.30. The van der Waals surface area contributed by atoms with E-state index >= 15 is 0 Å². The van der Waals surface area contributed by atoms with Crippen molar-refractivity contribution >= 4 is 23.5 Å². The predicted molar refractivity (Wildman–Crippen MR) is 63.4 cm³/mol. The zero-order valence-electron chi connectivity index (χ0n) is 9.35. The SMILES string of the molecule is Cc1cnc(N2CCN[C@H](C(=O)O)C2)nc1Cl. The first-order chi connectivity index (χ1) is 8.08. The molecule has 1 aliphatic heterocycles. The van der Waals surface area contributed by atoms with E-state index in [0.717, 1.165) is 5.56 Å². The quantitative estimate of drug-likeness (QED) is 0.741. The highest BCUT2D eigenvalue weighted by Gasteiger charge is 2.26. The molecular weight excluding hydrogens is 244 g/mol. The summed E-state index contributed by atoms with van der Waals surface area (Å²) in [6, 6.07) is -0.590. The number of carbonyl (C=O) groups is 1. The third kappa shape index (κ3) is 2.65. The average molecular weight is 257 g/mol. The van der Waals surface area contributed by atoms with Crippen molar-refractivity contribution in [3.05, 3.63) is 16.9 Å². The average Bonchev–Trinajstić information content (AvgIpc) is 2.33. The minimum absolute atomic E-state index is 0.342. The standard InChI is InChI=1S/C10H13ClN4O2/c1-6-4-13-10(14-8(6)11)15-3-2-12-7(5-15)9(16)17/h4,7,12H,2-3,5H2,1H3,(H,16,17)/t7-/m0/s1. The second-order valence-corrected chi connectivity index (χ2v) is 4.29. The lowest BCUT2D eigenvalue weighted by Crippen LogP contribution is -2.54. The van der Waals surface area contributed by atoms with Gasteiger partial charge >= 0.3 is 5.97 Å². The number of carboxylic acids is 1. The maximum Gasteiger partial charge on any atom is 0.322 e. The summed E-state index contributed by atoms with van der Waals surface area (Å²) in [6.45, 7) is 3.42. The molecule has 1 aromatic rings. The van der Waals surface area contributed by atoms with Gasteiger partial charge in [-0.25, -0.2) is 9.97 Å². The van der Waals surface area contributed by atoms with E-state index in [-0.39, 0.29) is 0 Å². The molecule has 2 heterocycles. The molecule has 1 saturated heterocycles. The maximum atomic E-state index is 10.9. The van der Waals surface area contributed by atoms with Gasteiger partial charge in [0, 0.05) is 31.4 Å². The number of piperazine rings is 1. The number of hydrogen-bond donors (Lipinski definition) is 2. The number of aliphatic carboxylic acids is 1. The van der Waals surface area contributed by atoms with Crippen molar-refractivity contribution in [1.82, 2.24) is 15.3 Å². The van der Waals surface area contributed by atoms with E-state index < -0.39 is 12.0 Å². The summed E-state index contributed by atoms with van der Waals surface area (Å²) in [5, 5.41) is 12.3. The lowest BCUT2D eigenvalue weighted by Gasteiger charge is -2.31. The minimum Gasteiger partial charge on any atom is -0.480 e. The Labute approximate surface area is 104 Å². The van der Waals surface area contributed by atoms with E-state index in [1.165, 1.54) is 0 Å². The van der Waals surface area contributed by atoms with Crippen molar-refractivity contribution in [2.24, 2.45) is 0 Å². The van der Waals surface area contributed by atoms with Gasteiger partial charge in [0.05, 0.1) is 0 Å². The summed E-state index contributed by atoms with van der Waals surface area (Å²) in [5.74, 6) is -0.388. The third-order valence-electron chi connectivity index (χ3n) is 2.65. The number of carboxylic acid groups (broad SMARTS) is 1. The molecule has 1 aromatic heterocycles. The van der Waals surface area contributed by atoms with Crippen LogP contribution < -0.4 is 10.2 Å². The van der Waals surface area contributed by atoms with Gasteiger partial charge in [0.25, 0.3) is 0 Å². The van der Waals surface area contributed by atoms with Gasteiger partial charge in [-0.2, -0.15) is 0 Å². The van der Waals surface area contributed by atoms with E-state index in [9.17, 15) is 4.79 Å². The van der Waals surface area contributed by atoms with Gasteiger partial charge in [0.1, 0.15) is 11.2 Å². The van der Waals surface area contributed by atoms with Crippen LogP contribution in [0.1, 0.15) is 5.56 Å². The van der Waals surface area contributed by atoms with Crippen molar-refractivity contribution in [3.63, 3.8) is 0 Å². The maximum absolute atomic E-state index is 10.9. The molecule has 1 fully saturated rings. The van der Waals surface area contributed by atoms with Crippen molar-refractivity contribution in [3.8, 4) is 0 Å². The van der Waals surface area contributed by atoms with Crippen LogP contribution in [-0.4, -0.2) is 46.7 Å². The zero-order valence-corrected chi connectivity index (χ0v) is 10.1. The lowest BCUT2D eigenvalue weighted by atomic mass is 10.2. The van der Waals surface area contributed by atoms with E-state index in [1.807, 2.05) is 11.8 Å². The number of aryl methyl sites for hydroxylation is 1. The van der Waals surface area contributed by atoms with E-state index in [1.54, 1.807) is 6.20 Å². The zero-order chi connectivity index (χ0) is 12.4. The van der Waals surface area contributed by atoms with Crippen molar-refractivity contribution in [2.75, 3.05) is 24.5 Å². The number of rotatable bonds is 2. The van der Waals surface area contributed by atoms with Crippen LogP contribution in [0.5, 0.6) is 0 Å². The molecule has 0 unspecified atom stereocenters. The Morgan fingerprint density at radius 2 is 2.47 bits per heavy atom. The monoisotopic (exact) mass is 256 g/mol. The Kier molecular flexibility index (Phi) is 3.44. The number of nitrogens with one attached hydrogen (secondary N) is 1. The predicted octanol–water partition coefficient (Wildman–Crippen LogP) is 0.301. The van der Waals surface area contributed by atoms with Crippen LogP contribution in [0, 0.1) is 6.92 Å². The first kappa shape index (κ1) is 12.1. The van der Waals surface area contributed by atoms with Gasteiger partial charge in [-0.1, -0.05) is 11.6 Å². The normalized spacial score (nSPS) is 20.4. The molecular formula is C10H13ClN4O2. The van der Waals surface area contributed by atoms with Gasteiger partial charge in [0.15, 0.2) is 0 Å². The molecule has 6 nitrogen and oxygen atoms in total. The first-order valence-corrected chi connectivity index (χ1v) is 5.66. The molecule has 0 saturated carbocycles. The third-order valence-corrected chi connectivity index (χ3v) is 3.04. The molecule has 1 aliphatic rings. The van der Waals surface area contributed by atoms with Crippen molar-refractivity contribution in [2.45, 2.75) is 13.0 Å². The topological polar surface area (TPSA) is 78.4 Å². The molecule has 2 N–H and O–H groups in total. The Bertz CT molecular complexity index is 440. The Balaban J connectivity index is 2.16. The van der Waals surface area contributed by atoms with E-state index in [4.69, 9.17) is 16.7 Å². The molecule has 0 radical (unpaired) electrons. The first-order valence-electron chi connectivity index (χ1n) is 5.28. The van der Waals surface area contributed by atoms with Crippen LogP contribution in [0.4, 0.5) is 5.95 Å². The Morgan fingerprint density at radius 1 is 1.71 bits per heavy atom. The fraction of sp³-hybridized carbons (Fsp3) is 0.500. The number of aromatic nitrogens is 2. The second-order valence-electron chi connectivity index (χ2n) is 3.93. The van der Waals surface area contributed by atoms with Crippen molar-refractivity contribution in [1.29, 1.82) is 0 Å². The van der Waals surface area contributed by atoms with Gasteiger partial charge in [0.2, 0.25) is 5.95 Å². The lowest BCUT2D eigenvalue weighted by molar-refractivity contribution is -0.139. The van der Waals surface area contributed by atoms with Crippen LogP contribution in [0.2, 0.25) is 5.15 Å². The van der Waals surface area contributed by atoms with Crippen molar-refractivity contribution < 1.29 is 9.90 Å². The van der Waals surface area contributed by atoms with Crippen LogP contribution in [-0.2, 0) is 4.79 Å². The smallest absolute Gasteiger partial charge is 0.322 e. The van der Waals surface area contributed by atoms with Gasteiger partial charge in [-0.3, -0.25) is 4.79 Å². The summed E-state index contributed by atoms with van der Waals surface area (Å²) in [7, 11) is 0. The minimum atomic E-state index is -0.868. The highest BCUT2D eigenvalue weighted by Crippen LogP contribution is 2.16. The van der Waals surface area contributed by atoms with Gasteiger partial charge in [-0.15, -0.1) is 0 Å². The molecule has 17 heavy (non-hydrogen) atoms. The van der Waals surface area contributed by atoms with Crippen LogP contribution in [0.25, 0.3) is 0 Å². The summed E-state index contributed by atoms with van der Waals surface area (Å²) in [4.78, 5) is 21.0. The van der Waals surface area contributed by atoms with Gasteiger partial charge < -0.3 is 15.3 Å². The molecule has 7 heteroatoms. The fourth-order valence-electron chi connectivity index (χ4n) is 1.66. The molecule has 1 atom stereocenters. The summed E-state index contributed by atoms with van der Waals surface area (Å²) in [6.07, 6.45) is 1.64. The van der Waals surface area contributed by atoms with Crippen LogP contribution >= 0.6 is 11.6 Å². The van der Waals surface area contributed by atoms with Crippen LogP contribution in [0.15, 0.2) is 6.20 Å².